The monoisotopic (exact) mass is 341 g/mol. The molecule has 1 unspecified atom stereocenters. The van der Waals surface area contributed by atoms with Gasteiger partial charge in [-0.25, -0.2) is 0 Å². The van der Waals surface area contributed by atoms with E-state index in [2.05, 4.69) is 16.0 Å². The Morgan fingerprint density at radius 3 is 3.12 bits per heavy atom. The molecule has 6 nitrogen and oxygen atoms in total. The third-order valence-electron chi connectivity index (χ3n) is 4.30. The summed E-state index contributed by atoms with van der Waals surface area (Å²) in [6, 6.07) is 7.97. The molecule has 1 aliphatic rings. The van der Waals surface area contributed by atoms with Gasteiger partial charge in [-0.3, -0.25) is 14.8 Å². The number of hydrogen-bond acceptors (Lipinski definition) is 5. The number of morpholine rings is 1. The second kappa shape index (κ2) is 8.58. The molecule has 1 fully saturated rings. The molecule has 6 heteroatoms. The van der Waals surface area contributed by atoms with Gasteiger partial charge in [-0.05, 0) is 24.1 Å². The fourth-order valence-corrected chi connectivity index (χ4v) is 2.98. The molecular weight excluding hydrogens is 318 g/mol. The van der Waals surface area contributed by atoms with Crippen LogP contribution in [0.2, 0.25) is 0 Å². The maximum Gasteiger partial charge on any atom is 0.223 e. The molecule has 2 heterocycles. The first-order chi connectivity index (χ1) is 12.2. The van der Waals surface area contributed by atoms with Gasteiger partial charge < -0.3 is 14.4 Å². The summed E-state index contributed by atoms with van der Waals surface area (Å²) in [5.41, 5.74) is 2.00. The van der Waals surface area contributed by atoms with Crippen LogP contribution in [-0.4, -0.2) is 53.7 Å². The molecule has 1 amide bonds. The lowest BCUT2D eigenvalue weighted by Crippen LogP contribution is -2.46. The van der Waals surface area contributed by atoms with Gasteiger partial charge in [0.2, 0.25) is 5.91 Å². The van der Waals surface area contributed by atoms with Gasteiger partial charge in [-0.15, -0.1) is 0 Å². The number of hydrogen-bond donors (Lipinski definition) is 0. The number of ether oxygens (including phenoxy) is 2. The van der Waals surface area contributed by atoms with Crippen molar-refractivity contribution >= 4 is 5.91 Å². The van der Waals surface area contributed by atoms with Crippen molar-refractivity contribution in [3.8, 4) is 5.75 Å². The van der Waals surface area contributed by atoms with E-state index in [1.807, 2.05) is 23.1 Å². The smallest absolute Gasteiger partial charge is 0.223 e. The van der Waals surface area contributed by atoms with E-state index in [-0.39, 0.29) is 12.0 Å². The van der Waals surface area contributed by atoms with E-state index in [9.17, 15) is 4.79 Å². The van der Waals surface area contributed by atoms with Crippen LogP contribution in [-0.2, 0) is 22.4 Å². The molecule has 0 radical (unpaired) electrons. The molecule has 0 aliphatic carbocycles. The van der Waals surface area contributed by atoms with E-state index in [1.165, 1.54) is 0 Å². The molecule has 1 aromatic carbocycles. The molecule has 132 valence electrons. The van der Waals surface area contributed by atoms with Crippen LogP contribution in [0.3, 0.4) is 0 Å². The molecule has 0 spiro atoms. The lowest BCUT2D eigenvalue weighted by Gasteiger charge is -2.33. The van der Waals surface area contributed by atoms with Gasteiger partial charge in [0.25, 0.3) is 0 Å². The maximum absolute atomic E-state index is 12.5. The van der Waals surface area contributed by atoms with Crippen molar-refractivity contribution in [2.45, 2.75) is 25.4 Å². The van der Waals surface area contributed by atoms with Crippen molar-refractivity contribution in [1.29, 1.82) is 0 Å². The first-order valence-electron chi connectivity index (χ1n) is 8.52. The van der Waals surface area contributed by atoms with E-state index in [1.54, 1.807) is 25.7 Å². The van der Waals surface area contributed by atoms with Crippen LogP contribution in [0.15, 0.2) is 42.9 Å². The first kappa shape index (κ1) is 17.4. The Hall–Kier alpha value is -2.47. The van der Waals surface area contributed by atoms with Gasteiger partial charge in [-0.1, -0.05) is 12.1 Å². The van der Waals surface area contributed by atoms with Crippen LogP contribution >= 0.6 is 0 Å². The number of aromatic nitrogens is 2. The first-order valence-corrected chi connectivity index (χ1v) is 8.52. The van der Waals surface area contributed by atoms with Crippen LogP contribution in [0.4, 0.5) is 0 Å². The Balaban J connectivity index is 1.52. The maximum atomic E-state index is 12.5. The van der Waals surface area contributed by atoms with Crippen molar-refractivity contribution in [2.24, 2.45) is 0 Å². The van der Waals surface area contributed by atoms with Crippen LogP contribution in [0.5, 0.6) is 5.75 Å². The Kier molecular flexibility index (Phi) is 5.95. The van der Waals surface area contributed by atoms with Gasteiger partial charge in [0.1, 0.15) is 5.75 Å². The SMILES string of the molecule is COc1cccc(CC2CN(C(=O)CCc3cnccn3)CCO2)c1. The Bertz CT molecular complexity index is 693. The summed E-state index contributed by atoms with van der Waals surface area (Å²) >= 11 is 0. The largest absolute Gasteiger partial charge is 0.497 e. The quantitative estimate of drug-likeness (QED) is 0.803. The van der Waals surface area contributed by atoms with E-state index < -0.39 is 0 Å². The number of nitrogens with zero attached hydrogens (tertiary/aromatic N) is 3. The van der Waals surface area contributed by atoms with Crippen molar-refractivity contribution in [2.75, 3.05) is 26.8 Å². The van der Waals surface area contributed by atoms with Crippen LogP contribution in [0.1, 0.15) is 17.7 Å². The predicted molar refractivity (Wildman–Crippen MR) is 93.4 cm³/mol. The fraction of sp³-hybridized carbons (Fsp3) is 0.421. The van der Waals surface area contributed by atoms with E-state index in [0.717, 1.165) is 23.4 Å². The minimum absolute atomic E-state index is 0.0151. The molecule has 0 bridgehead atoms. The number of rotatable bonds is 6. The molecule has 1 saturated heterocycles. The highest BCUT2D eigenvalue weighted by molar-refractivity contribution is 5.76. The number of amides is 1. The summed E-state index contributed by atoms with van der Waals surface area (Å²) in [5, 5.41) is 0. The number of carbonyl (C=O) groups excluding carboxylic acids is 1. The van der Waals surface area contributed by atoms with Crippen LogP contribution < -0.4 is 4.74 Å². The topological polar surface area (TPSA) is 64.5 Å². The third-order valence-corrected chi connectivity index (χ3v) is 4.30. The number of methoxy groups -OCH3 is 1. The minimum atomic E-state index is 0.0151. The van der Waals surface area contributed by atoms with Gasteiger partial charge in [0.15, 0.2) is 0 Å². The van der Waals surface area contributed by atoms with Crippen LogP contribution in [0, 0.1) is 0 Å². The molecule has 0 N–H and O–H groups in total. The zero-order valence-electron chi connectivity index (χ0n) is 14.4. The zero-order valence-corrected chi connectivity index (χ0v) is 14.4. The van der Waals surface area contributed by atoms with Crippen molar-refractivity contribution < 1.29 is 14.3 Å². The third kappa shape index (κ3) is 5.00. The Labute approximate surface area is 147 Å². The molecule has 1 atom stereocenters. The molecule has 25 heavy (non-hydrogen) atoms. The molecule has 1 aliphatic heterocycles. The summed E-state index contributed by atoms with van der Waals surface area (Å²) < 4.78 is 11.1. The second-order valence-corrected chi connectivity index (χ2v) is 6.08. The second-order valence-electron chi connectivity index (χ2n) is 6.08. The average molecular weight is 341 g/mol. The van der Waals surface area contributed by atoms with Crippen molar-refractivity contribution in [3.63, 3.8) is 0 Å². The van der Waals surface area contributed by atoms with Gasteiger partial charge in [0.05, 0.1) is 25.5 Å². The van der Waals surface area contributed by atoms with Crippen LogP contribution in [0.25, 0.3) is 0 Å². The number of benzene rings is 1. The fourth-order valence-electron chi connectivity index (χ4n) is 2.98. The summed E-state index contributed by atoms with van der Waals surface area (Å²) in [7, 11) is 1.66. The Morgan fingerprint density at radius 2 is 2.32 bits per heavy atom. The highest BCUT2D eigenvalue weighted by Crippen LogP contribution is 2.17. The molecule has 0 saturated carbocycles. The number of aryl methyl sites for hydroxylation is 1. The average Bonchev–Trinajstić information content (AvgIpc) is 2.67. The van der Waals surface area contributed by atoms with Crippen molar-refractivity contribution in [3.05, 3.63) is 54.1 Å². The predicted octanol–water partition coefficient (Wildman–Crippen LogP) is 1.89. The normalized spacial score (nSPS) is 17.3. The molecule has 1 aromatic heterocycles. The van der Waals surface area contributed by atoms with E-state index >= 15 is 0 Å². The van der Waals surface area contributed by atoms with Gasteiger partial charge >= 0.3 is 0 Å². The minimum Gasteiger partial charge on any atom is -0.497 e. The highest BCUT2D eigenvalue weighted by Gasteiger charge is 2.24. The summed E-state index contributed by atoms with van der Waals surface area (Å²) in [4.78, 5) is 22.6. The Morgan fingerprint density at radius 1 is 1.40 bits per heavy atom. The highest BCUT2D eigenvalue weighted by atomic mass is 16.5. The molecular formula is C19H23N3O3. The lowest BCUT2D eigenvalue weighted by molar-refractivity contribution is -0.138. The lowest BCUT2D eigenvalue weighted by atomic mass is 10.1. The van der Waals surface area contributed by atoms with Gasteiger partial charge in [-0.2, -0.15) is 0 Å². The number of carbonyl (C=O) groups is 1. The van der Waals surface area contributed by atoms with Gasteiger partial charge in [0, 0.05) is 44.5 Å². The summed E-state index contributed by atoms with van der Waals surface area (Å²) in [6.07, 6.45) is 6.84. The van der Waals surface area contributed by atoms with E-state index in [4.69, 9.17) is 9.47 Å². The van der Waals surface area contributed by atoms with E-state index in [0.29, 0.717) is 32.5 Å². The molecule has 3 rings (SSSR count). The standard InChI is InChI=1S/C19H23N3O3/c1-24-17-4-2-3-15(11-17)12-18-14-22(9-10-25-18)19(23)6-5-16-13-20-7-8-21-16/h2-4,7-8,11,13,18H,5-6,9-10,12,14H2,1H3. The zero-order chi connectivity index (χ0) is 17.5. The van der Waals surface area contributed by atoms with Crippen molar-refractivity contribution in [1.82, 2.24) is 14.9 Å². The summed E-state index contributed by atoms with van der Waals surface area (Å²) in [6.45, 7) is 1.84. The summed E-state index contributed by atoms with van der Waals surface area (Å²) in [5.74, 6) is 0.981. The molecule has 2 aromatic rings.